The van der Waals surface area contributed by atoms with Gasteiger partial charge in [-0.1, -0.05) is 141 Å². The molecule has 0 saturated carbocycles. The number of ether oxygens (including phenoxy) is 2. The van der Waals surface area contributed by atoms with E-state index in [0.717, 1.165) is 77.5 Å². The largest absolute Gasteiger partial charge is 0.457 e. The van der Waals surface area contributed by atoms with E-state index in [2.05, 4.69) is 164 Å². The van der Waals surface area contributed by atoms with Gasteiger partial charge in [0.05, 0.1) is 11.4 Å². The van der Waals surface area contributed by atoms with Gasteiger partial charge >= 0.3 is 0 Å². The summed E-state index contributed by atoms with van der Waals surface area (Å²) in [6.07, 6.45) is 0. The molecular formula is C51H38NO3PSi. The molecular weight excluding hydrogens is 734 g/mol. The first-order chi connectivity index (χ1) is 27.9. The molecule has 0 aliphatic carbocycles. The molecule has 0 saturated heterocycles. The molecule has 57 heavy (non-hydrogen) atoms. The van der Waals surface area contributed by atoms with Crippen LogP contribution >= 0.6 is 7.14 Å². The van der Waals surface area contributed by atoms with Gasteiger partial charge in [0.1, 0.15) is 11.5 Å². The molecule has 0 amide bonds. The first kappa shape index (κ1) is 33.9. The highest BCUT2D eigenvalue weighted by molar-refractivity contribution is 7.87. The molecule has 3 heterocycles. The number of para-hydroxylation sites is 5. The van der Waals surface area contributed by atoms with Gasteiger partial charge in [0.25, 0.3) is 0 Å². The SMILES string of the molecule is CC1(C)c2ccccc2Oc2ccc(P3(=O)c4ccccc4[Si](c4ccccc4)(c4ccccc4)c4cc(N5c6ccccc6Oc6ccccc65)ccc43)cc21. The topological polar surface area (TPSA) is 38.8 Å². The molecule has 0 aromatic heterocycles. The lowest BCUT2D eigenvalue weighted by Gasteiger charge is -2.44. The molecule has 0 bridgehead atoms. The van der Waals surface area contributed by atoms with E-state index in [1.807, 2.05) is 48.5 Å². The van der Waals surface area contributed by atoms with Crippen molar-refractivity contribution in [1.82, 2.24) is 0 Å². The number of hydrogen-bond donors (Lipinski definition) is 0. The van der Waals surface area contributed by atoms with Gasteiger partial charge in [-0.05, 0) is 87.5 Å². The second-order valence-electron chi connectivity index (χ2n) is 15.6. The summed E-state index contributed by atoms with van der Waals surface area (Å²) in [6, 6.07) is 68.0. The van der Waals surface area contributed by atoms with Crippen LogP contribution in [0, 0.1) is 0 Å². The zero-order valence-electron chi connectivity index (χ0n) is 31.6. The first-order valence-electron chi connectivity index (χ1n) is 19.4. The number of anilines is 3. The van der Waals surface area contributed by atoms with Crippen LogP contribution in [-0.2, 0) is 9.98 Å². The van der Waals surface area contributed by atoms with Crippen LogP contribution in [0.3, 0.4) is 0 Å². The fourth-order valence-electron chi connectivity index (χ4n) is 9.63. The van der Waals surface area contributed by atoms with Gasteiger partial charge in [0, 0.05) is 38.1 Å². The van der Waals surface area contributed by atoms with Crippen molar-refractivity contribution >= 4 is 68.9 Å². The fraction of sp³-hybridized carbons (Fsp3) is 0.0588. The summed E-state index contributed by atoms with van der Waals surface area (Å²) < 4.78 is 30.0. The molecule has 6 heteroatoms. The third kappa shape index (κ3) is 4.76. The Morgan fingerprint density at radius 1 is 0.474 bits per heavy atom. The summed E-state index contributed by atoms with van der Waals surface area (Å²) in [6.45, 7) is 4.48. The Labute approximate surface area is 334 Å². The van der Waals surface area contributed by atoms with Gasteiger partial charge < -0.3 is 18.9 Å². The number of nitrogens with zero attached hydrogens (tertiary/aromatic N) is 1. The lowest BCUT2D eigenvalue weighted by molar-refractivity contribution is 0.418. The molecule has 0 fully saturated rings. The van der Waals surface area contributed by atoms with Gasteiger partial charge in [0.15, 0.2) is 26.7 Å². The molecule has 0 radical (unpaired) electrons. The molecule has 4 nitrogen and oxygen atoms in total. The van der Waals surface area contributed by atoms with Gasteiger partial charge in [-0.25, -0.2) is 0 Å². The van der Waals surface area contributed by atoms with Crippen LogP contribution in [0.2, 0.25) is 0 Å². The second-order valence-corrected chi connectivity index (χ2v) is 22.0. The smallest absolute Gasteiger partial charge is 0.181 e. The van der Waals surface area contributed by atoms with Gasteiger partial charge in [0.2, 0.25) is 0 Å². The normalized spacial score (nSPS) is 17.6. The maximum Gasteiger partial charge on any atom is 0.181 e. The lowest BCUT2D eigenvalue weighted by atomic mass is 9.76. The highest BCUT2D eigenvalue weighted by Crippen LogP contribution is 2.53. The van der Waals surface area contributed by atoms with Crippen molar-refractivity contribution in [3.63, 3.8) is 0 Å². The van der Waals surface area contributed by atoms with Gasteiger partial charge in [-0.2, -0.15) is 0 Å². The van der Waals surface area contributed by atoms with Crippen LogP contribution in [-0.4, -0.2) is 8.07 Å². The van der Waals surface area contributed by atoms with Crippen LogP contribution < -0.4 is 51.0 Å². The predicted octanol–water partition coefficient (Wildman–Crippen LogP) is 9.02. The highest BCUT2D eigenvalue weighted by Gasteiger charge is 2.53. The Bertz CT molecular complexity index is 2860. The standard InChI is InChI=1S/C51H38NO3PSi/c1-51(2)39-21-9-12-24-43(39)54-44-31-30-36(34-40(44)51)56(53)47-27-15-16-28-49(47)57(37-17-5-3-6-18-37,38-19-7-4-8-20-38)50-33-35(29-32-48(50)56)52-41-22-10-13-25-45(41)55-46-26-14-11-23-42(46)52/h3-34H,1-2H3. The molecule has 0 N–H and O–H groups in total. The number of hydrogen-bond acceptors (Lipinski definition) is 4. The molecule has 8 aromatic rings. The van der Waals surface area contributed by atoms with Crippen LogP contribution in [0.5, 0.6) is 23.0 Å². The summed E-state index contributed by atoms with van der Waals surface area (Å²) >= 11 is 0. The summed E-state index contributed by atoms with van der Waals surface area (Å²) in [7, 11) is -6.65. The molecule has 0 spiro atoms. The van der Waals surface area contributed by atoms with E-state index >= 15 is 4.57 Å². The number of benzene rings is 8. The van der Waals surface area contributed by atoms with Crippen LogP contribution in [0.15, 0.2) is 194 Å². The van der Waals surface area contributed by atoms with E-state index in [9.17, 15) is 0 Å². The molecule has 3 aliphatic rings. The first-order valence-corrected chi connectivity index (χ1v) is 23.2. The molecule has 3 aliphatic heterocycles. The number of rotatable bonds is 4. The Balaban J connectivity index is 1.24. The molecule has 11 rings (SSSR count). The van der Waals surface area contributed by atoms with Crippen molar-refractivity contribution < 1.29 is 14.0 Å². The zero-order chi connectivity index (χ0) is 38.4. The van der Waals surface area contributed by atoms with Crippen molar-refractivity contribution in [2.24, 2.45) is 0 Å². The quantitative estimate of drug-likeness (QED) is 0.132. The third-order valence-corrected chi connectivity index (χ3v) is 20.7. The molecule has 274 valence electrons. The van der Waals surface area contributed by atoms with Gasteiger partial charge in [-0.15, -0.1) is 0 Å². The average molecular weight is 772 g/mol. The maximum atomic E-state index is 17.0. The summed E-state index contributed by atoms with van der Waals surface area (Å²) in [5.74, 6) is 3.25. The number of fused-ring (bicyclic) bond motifs is 6. The van der Waals surface area contributed by atoms with Gasteiger partial charge in [-0.3, -0.25) is 0 Å². The van der Waals surface area contributed by atoms with E-state index in [1.165, 1.54) is 10.4 Å². The van der Waals surface area contributed by atoms with E-state index in [4.69, 9.17) is 9.47 Å². The van der Waals surface area contributed by atoms with Crippen molar-refractivity contribution in [2.45, 2.75) is 19.3 Å². The van der Waals surface area contributed by atoms with Crippen LogP contribution in [0.1, 0.15) is 25.0 Å². The maximum absolute atomic E-state index is 17.0. The Morgan fingerprint density at radius 2 is 1.00 bits per heavy atom. The minimum atomic E-state index is -3.51. The highest BCUT2D eigenvalue weighted by atomic mass is 31.2. The van der Waals surface area contributed by atoms with E-state index in [0.29, 0.717) is 0 Å². The second kappa shape index (κ2) is 12.6. The van der Waals surface area contributed by atoms with Crippen molar-refractivity contribution in [3.8, 4) is 23.0 Å². The van der Waals surface area contributed by atoms with Crippen molar-refractivity contribution in [3.05, 3.63) is 205 Å². The lowest BCUT2D eigenvalue weighted by Crippen LogP contribution is -2.82. The van der Waals surface area contributed by atoms with Crippen molar-refractivity contribution in [2.75, 3.05) is 4.90 Å². The van der Waals surface area contributed by atoms with Crippen molar-refractivity contribution in [1.29, 1.82) is 0 Å². The Kier molecular flexibility index (Phi) is 7.47. The minimum absolute atomic E-state index is 0.370. The zero-order valence-corrected chi connectivity index (χ0v) is 33.5. The monoisotopic (exact) mass is 771 g/mol. The molecule has 8 aromatic carbocycles. The third-order valence-electron chi connectivity index (χ3n) is 12.3. The van der Waals surface area contributed by atoms with E-state index in [1.54, 1.807) is 0 Å². The predicted molar refractivity (Wildman–Crippen MR) is 236 cm³/mol. The molecule has 1 unspecified atom stereocenters. The van der Waals surface area contributed by atoms with E-state index in [-0.39, 0.29) is 5.41 Å². The van der Waals surface area contributed by atoms with Crippen LogP contribution in [0.4, 0.5) is 17.1 Å². The average Bonchev–Trinajstić information content (AvgIpc) is 3.26. The summed E-state index contributed by atoms with van der Waals surface area (Å²) in [4.78, 5) is 2.30. The minimum Gasteiger partial charge on any atom is -0.457 e. The molecule has 1 atom stereocenters. The summed E-state index contributed by atoms with van der Waals surface area (Å²) in [5, 5.41) is 7.36. The fourth-order valence-corrected chi connectivity index (χ4v) is 19.3. The van der Waals surface area contributed by atoms with Crippen LogP contribution in [0.25, 0.3) is 0 Å². The summed E-state index contributed by atoms with van der Waals surface area (Å²) in [5.41, 5.74) is 4.69. The Hall–Kier alpha value is -6.39. The van der Waals surface area contributed by atoms with E-state index < -0.39 is 15.2 Å². The Morgan fingerprint density at radius 3 is 1.68 bits per heavy atom.